The molecule has 1 aliphatic heterocycles. The highest BCUT2D eigenvalue weighted by Crippen LogP contribution is 2.85. The molecule has 5 aliphatic carbocycles. The van der Waals surface area contributed by atoms with Crippen molar-refractivity contribution < 1.29 is 9.47 Å². The summed E-state index contributed by atoms with van der Waals surface area (Å²) in [6.45, 7) is 1.53. The molecule has 20 heavy (non-hydrogen) atoms. The van der Waals surface area contributed by atoms with Crippen LogP contribution >= 0.6 is 12.2 Å². The van der Waals surface area contributed by atoms with Crippen LogP contribution in [0.2, 0.25) is 0 Å². The van der Waals surface area contributed by atoms with E-state index in [2.05, 4.69) is 10.5 Å². The first-order valence-corrected chi connectivity index (χ1v) is 8.06. The van der Waals surface area contributed by atoms with Crippen molar-refractivity contribution in [2.45, 2.75) is 12.2 Å². The molecule has 0 amide bonds. The summed E-state index contributed by atoms with van der Waals surface area (Å²) in [5.74, 6) is 5.22. The third-order valence-electron chi connectivity index (χ3n) is 7.15. The molecule has 0 aromatic heterocycles. The van der Waals surface area contributed by atoms with Gasteiger partial charge in [-0.05, 0) is 42.3 Å². The van der Waals surface area contributed by atoms with Gasteiger partial charge in [-0.15, -0.1) is 0 Å². The molecule has 1 spiro atoms. The first kappa shape index (κ1) is 10.9. The lowest BCUT2D eigenvalue weighted by atomic mass is 9.58. The standard InChI is InChI=1S/C14H17N3O2S/c15-13(20)17-16-12-8-4-3-5-7-6(4)9(12)11(7)14(10(5)8)18-1-2-19-14/h4-11H,1-3H2,(H3,15,17,20)/t4-,5-,6+,7+,8+,9+,10-,11+/m0/s1. The highest BCUT2D eigenvalue weighted by atomic mass is 32.1. The second-order valence-electron chi connectivity index (χ2n) is 7.25. The summed E-state index contributed by atoms with van der Waals surface area (Å²) >= 11 is 4.89. The Hall–Kier alpha value is -0.720. The summed E-state index contributed by atoms with van der Waals surface area (Å²) in [6.07, 6.45) is 1.36. The molecular weight excluding hydrogens is 274 g/mol. The molecule has 1 saturated heterocycles. The van der Waals surface area contributed by atoms with E-state index in [1.807, 2.05) is 0 Å². The fourth-order valence-corrected chi connectivity index (χ4v) is 7.29. The van der Waals surface area contributed by atoms with Crippen LogP contribution in [0.5, 0.6) is 0 Å². The van der Waals surface area contributed by atoms with Gasteiger partial charge < -0.3 is 15.2 Å². The lowest BCUT2D eigenvalue weighted by molar-refractivity contribution is -0.240. The molecule has 3 N–H and O–H groups in total. The van der Waals surface area contributed by atoms with Crippen molar-refractivity contribution in [2.75, 3.05) is 13.2 Å². The van der Waals surface area contributed by atoms with Crippen molar-refractivity contribution in [2.24, 2.45) is 58.2 Å². The zero-order valence-corrected chi connectivity index (χ0v) is 11.8. The van der Waals surface area contributed by atoms with E-state index in [9.17, 15) is 0 Å². The van der Waals surface area contributed by atoms with E-state index in [0.717, 1.165) is 36.9 Å². The van der Waals surface area contributed by atoms with Crippen LogP contribution in [0.4, 0.5) is 0 Å². The Balaban J connectivity index is 1.49. The number of nitrogens with zero attached hydrogens (tertiary/aromatic N) is 1. The minimum atomic E-state index is -0.255. The van der Waals surface area contributed by atoms with E-state index in [0.29, 0.717) is 23.7 Å². The molecule has 8 atom stereocenters. The van der Waals surface area contributed by atoms with Gasteiger partial charge >= 0.3 is 0 Å². The smallest absolute Gasteiger partial charge is 0.184 e. The molecule has 0 unspecified atom stereocenters. The van der Waals surface area contributed by atoms with Crippen LogP contribution in [0.1, 0.15) is 6.42 Å². The minimum absolute atomic E-state index is 0.255. The van der Waals surface area contributed by atoms with Crippen LogP contribution in [0.3, 0.4) is 0 Å². The Morgan fingerprint density at radius 3 is 2.75 bits per heavy atom. The molecule has 0 aromatic carbocycles. The maximum Gasteiger partial charge on any atom is 0.184 e. The lowest BCUT2D eigenvalue weighted by Crippen LogP contribution is -2.58. The summed E-state index contributed by atoms with van der Waals surface area (Å²) < 4.78 is 12.4. The predicted octanol–water partition coefficient (Wildman–Crippen LogP) is 0.306. The molecule has 2 bridgehead atoms. The first-order valence-electron chi connectivity index (χ1n) is 7.65. The number of ether oxygens (including phenoxy) is 2. The van der Waals surface area contributed by atoms with Gasteiger partial charge in [0.05, 0.1) is 13.2 Å². The first-order chi connectivity index (χ1) is 9.74. The van der Waals surface area contributed by atoms with Crippen molar-refractivity contribution in [3.8, 4) is 0 Å². The van der Waals surface area contributed by atoms with E-state index in [1.54, 1.807) is 0 Å². The van der Waals surface area contributed by atoms with Crippen LogP contribution in [0, 0.1) is 47.3 Å². The zero-order valence-electron chi connectivity index (χ0n) is 11.0. The molecule has 5 nitrogen and oxygen atoms in total. The summed E-state index contributed by atoms with van der Waals surface area (Å²) in [7, 11) is 0. The molecule has 0 aromatic rings. The van der Waals surface area contributed by atoms with E-state index in [-0.39, 0.29) is 10.9 Å². The van der Waals surface area contributed by atoms with E-state index in [4.69, 9.17) is 27.4 Å². The van der Waals surface area contributed by atoms with Crippen LogP contribution < -0.4 is 11.2 Å². The van der Waals surface area contributed by atoms with Crippen molar-refractivity contribution in [1.29, 1.82) is 0 Å². The van der Waals surface area contributed by atoms with Gasteiger partial charge in [0.15, 0.2) is 10.9 Å². The van der Waals surface area contributed by atoms with Gasteiger partial charge in [-0.2, -0.15) is 5.10 Å². The number of hydrazone groups is 1. The number of hydrogen-bond donors (Lipinski definition) is 2. The second kappa shape index (κ2) is 3.05. The van der Waals surface area contributed by atoms with Crippen LogP contribution in [-0.4, -0.2) is 29.8 Å². The molecule has 6 heteroatoms. The Bertz CT molecular complexity index is 573. The van der Waals surface area contributed by atoms with Crippen molar-refractivity contribution in [3.05, 3.63) is 0 Å². The van der Waals surface area contributed by atoms with Gasteiger partial charge in [0.1, 0.15) is 0 Å². The van der Waals surface area contributed by atoms with E-state index >= 15 is 0 Å². The number of thiocarbonyl (C=S) groups is 1. The van der Waals surface area contributed by atoms with Gasteiger partial charge in [-0.1, -0.05) is 0 Å². The molecule has 106 valence electrons. The summed E-state index contributed by atoms with van der Waals surface area (Å²) in [6, 6.07) is 0. The molecular formula is C14H17N3O2S. The molecule has 1 heterocycles. The predicted molar refractivity (Wildman–Crippen MR) is 74.5 cm³/mol. The van der Waals surface area contributed by atoms with Crippen molar-refractivity contribution in [1.82, 2.24) is 5.43 Å². The quantitative estimate of drug-likeness (QED) is 0.537. The molecule has 0 radical (unpaired) electrons. The highest BCUT2D eigenvalue weighted by Gasteiger charge is 2.88. The fourth-order valence-electron chi connectivity index (χ4n) is 7.24. The van der Waals surface area contributed by atoms with E-state index < -0.39 is 0 Å². The molecule has 6 aliphatic rings. The summed E-state index contributed by atoms with van der Waals surface area (Å²) in [5, 5.41) is 4.85. The Labute approximate surface area is 122 Å². The fraction of sp³-hybridized carbons (Fsp3) is 0.857. The van der Waals surface area contributed by atoms with E-state index in [1.165, 1.54) is 12.1 Å². The third kappa shape index (κ3) is 0.853. The Morgan fingerprint density at radius 1 is 1.20 bits per heavy atom. The maximum atomic E-state index is 6.19. The highest BCUT2D eigenvalue weighted by molar-refractivity contribution is 7.80. The lowest BCUT2D eigenvalue weighted by Gasteiger charge is -2.51. The third-order valence-corrected chi connectivity index (χ3v) is 7.24. The average Bonchev–Trinajstić information content (AvgIpc) is 3.04. The molecule has 6 fully saturated rings. The number of nitrogens with one attached hydrogen (secondary N) is 1. The monoisotopic (exact) mass is 291 g/mol. The van der Waals surface area contributed by atoms with Gasteiger partial charge in [-0.3, -0.25) is 5.43 Å². The van der Waals surface area contributed by atoms with Gasteiger partial charge in [0.25, 0.3) is 0 Å². The van der Waals surface area contributed by atoms with Gasteiger partial charge in [-0.25, -0.2) is 0 Å². The Kier molecular flexibility index (Phi) is 1.67. The van der Waals surface area contributed by atoms with Crippen molar-refractivity contribution >= 4 is 23.0 Å². The van der Waals surface area contributed by atoms with Gasteiger partial charge in [0.2, 0.25) is 0 Å². The average molecular weight is 291 g/mol. The number of nitrogens with two attached hydrogens (primary N) is 1. The van der Waals surface area contributed by atoms with Crippen molar-refractivity contribution in [3.63, 3.8) is 0 Å². The molecule has 6 rings (SSSR count). The summed E-state index contributed by atoms with van der Waals surface area (Å²) in [4.78, 5) is 0. The zero-order chi connectivity index (χ0) is 13.2. The van der Waals surface area contributed by atoms with Crippen LogP contribution in [0.25, 0.3) is 0 Å². The number of rotatable bonds is 1. The SMILES string of the molecule is NC(=S)NN=C1[C@@H]2[C@H]3C[C@H]4[C@@H]5[C@@H]3[C@@H]1[C@@H]5C1(OCCO1)[C@@H]42. The van der Waals surface area contributed by atoms with Crippen LogP contribution in [0.15, 0.2) is 5.10 Å². The largest absolute Gasteiger partial charge is 0.375 e. The maximum absolute atomic E-state index is 6.19. The summed E-state index contributed by atoms with van der Waals surface area (Å²) in [5.41, 5.74) is 9.69. The number of hydrogen-bond acceptors (Lipinski definition) is 4. The van der Waals surface area contributed by atoms with Crippen LogP contribution in [-0.2, 0) is 9.47 Å². The normalized spacial score (nSPS) is 59.9. The second-order valence-corrected chi connectivity index (χ2v) is 7.69. The van der Waals surface area contributed by atoms with Gasteiger partial charge in [0, 0.05) is 29.4 Å². The molecule has 5 saturated carbocycles. The minimum Gasteiger partial charge on any atom is -0.375 e. The Morgan fingerprint density at radius 2 is 2.00 bits per heavy atom. The number of fused-ring (bicyclic) bond motifs is 4. The topological polar surface area (TPSA) is 68.9 Å².